The van der Waals surface area contributed by atoms with Crippen molar-refractivity contribution < 1.29 is 18.4 Å². The Hall–Kier alpha value is -3.15. The lowest BCUT2D eigenvalue weighted by atomic mass is 10.1. The molecule has 0 spiro atoms. The van der Waals surface area contributed by atoms with Gasteiger partial charge in [-0.25, -0.2) is 4.39 Å². The third kappa shape index (κ3) is 4.23. The number of hydrogen-bond donors (Lipinski definition) is 1. The molecule has 128 valence electrons. The summed E-state index contributed by atoms with van der Waals surface area (Å²) >= 11 is 0. The van der Waals surface area contributed by atoms with Gasteiger partial charge in [0, 0.05) is 11.6 Å². The summed E-state index contributed by atoms with van der Waals surface area (Å²) in [5.41, 5.74) is 1.52. The Balaban J connectivity index is 1.66. The summed E-state index contributed by atoms with van der Waals surface area (Å²) < 4.78 is 23.7. The van der Waals surface area contributed by atoms with Crippen LogP contribution in [0.1, 0.15) is 13.3 Å². The van der Waals surface area contributed by atoms with Gasteiger partial charge in [0.15, 0.2) is 6.10 Å². The Bertz CT molecular complexity index is 831. The number of rotatable bonds is 6. The maximum absolute atomic E-state index is 12.9. The van der Waals surface area contributed by atoms with E-state index in [0.717, 1.165) is 5.56 Å². The van der Waals surface area contributed by atoms with Crippen molar-refractivity contribution in [3.63, 3.8) is 0 Å². The fourth-order valence-electron chi connectivity index (χ4n) is 2.28. The number of halogens is 1. The Kier molecular flexibility index (Phi) is 5.09. The number of nitrogens with zero attached hydrogens (tertiary/aromatic N) is 1. The molecule has 0 fully saturated rings. The molecule has 5 nitrogen and oxygen atoms in total. The molecule has 0 saturated heterocycles. The van der Waals surface area contributed by atoms with Gasteiger partial charge in [0.2, 0.25) is 5.88 Å². The van der Waals surface area contributed by atoms with Gasteiger partial charge in [-0.3, -0.25) is 10.1 Å². The van der Waals surface area contributed by atoms with Crippen molar-refractivity contribution in [1.29, 1.82) is 0 Å². The van der Waals surface area contributed by atoms with Crippen molar-refractivity contribution in [2.75, 3.05) is 5.32 Å². The molecule has 0 aliphatic rings. The van der Waals surface area contributed by atoms with Crippen LogP contribution in [-0.2, 0) is 4.79 Å². The molecule has 0 saturated carbocycles. The van der Waals surface area contributed by atoms with E-state index in [1.54, 1.807) is 6.07 Å². The summed E-state index contributed by atoms with van der Waals surface area (Å²) in [6.07, 6.45) is -0.279. The molecule has 6 heteroatoms. The standard InChI is InChI=1S/C19H17FN2O3/c1-2-17(24-15-10-8-14(20)9-11-15)19(23)21-18-12-16(22-25-18)13-6-4-3-5-7-13/h3-12,17H,2H2,1H3,(H,21,23)/t17-/m0/s1. The molecule has 0 aliphatic heterocycles. The van der Waals surface area contributed by atoms with Gasteiger partial charge < -0.3 is 9.26 Å². The number of nitrogens with one attached hydrogen (secondary N) is 1. The molecule has 3 rings (SSSR count). The maximum Gasteiger partial charge on any atom is 0.267 e. The van der Waals surface area contributed by atoms with E-state index >= 15 is 0 Å². The number of benzene rings is 2. The molecule has 1 N–H and O–H groups in total. The largest absolute Gasteiger partial charge is 0.481 e. The topological polar surface area (TPSA) is 64.4 Å². The van der Waals surface area contributed by atoms with Crippen LogP contribution in [0.15, 0.2) is 65.2 Å². The fraction of sp³-hybridized carbons (Fsp3) is 0.158. The van der Waals surface area contributed by atoms with Crippen molar-refractivity contribution in [3.8, 4) is 17.0 Å². The predicted molar refractivity (Wildman–Crippen MR) is 91.7 cm³/mol. The lowest BCUT2D eigenvalue weighted by Gasteiger charge is -2.16. The van der Waals surface area contributed by atoms with E-state index in [-0.39, 0.29) is 17.6 Å². The molecule has 0 radical (unpaired) electrons. The van der Waals surface area contributed by atoms with Gasteiger partial charge in [0.25, 0.3) is 5.91 Å². The Morgan fingerprint density at radius 2 is 1.92 bits per heavy atom. The first-order chi connectivity index (χ1) is 12.2. The lowest BCUT2D eigenvalue weighted by Crippen LogP contribution is -2.32. The normalized spacial score (nSPS) is 11.8. The van der Waals surface area contributed by atoms with Gasteiger partial charge >= 0.3 is 0 Å². The molecule has 1 amide bonds. The molecule has 2 aromatic carbocycles. The second-order valence-electron chi connectivity index (χ2n) is 5.40. The molecular formula is C19H17FN2O3. The van der Waals surface area contributed by atoms with Gasteiger partial charge in [-0.15, -0.1) is 0 Å². The number of amides is 1. The first-order valence-electron chi connectivity index (χ1n) is 7.91. The van der Waals surface area contributed by atoms with E-state index in [1.165, 1.54) is 24.3 Å². The van der Waals surface area contributed by atoms with Crippen LogP contribution in [0.25, 0.3) is 11.3 Å². The molecule has 0 bridgehead atoms. The van der Waals surface area contributed by atoms with Gasteiger partial charge in [-0.05, 0) is 30.7 Å². The van der Waals surface area contributed by atoms with Crippen molar-refractivity contribution in [3.05, 3.63) is 66.5 Å². The van der Waals surface area contributed by atoms with Crippen LogP contribution in [0, 0.1) is 5.82 Å². The van der Waals surface area contributed by atoms with Gasteiger partial charge in [0.1, 0.15) is 17.3 Å². The fourth-order valence-corrected chi connectivity index (χ4v) is 2.28. The highest BCUT2D eigenvalue weighted by Gasteiger charge is 2.20. The van der Waals surface area contributed by atoms with E-state index in [0.29, 0.717) is 17.9 Å². The summed E-state index contributed by atoms with van der Waals surface area (Å²) in [5.74, 6) is -0.0570. The van der Waals surface area contributed by atoms with Crippen LogP contribution in [0.2, 0.25) is 0 Å². The van der Waals surface area contributed by atoms with Crippen LogP contribution in [0.5, 0.6) is 5.75 Å². The zero-order valence-corrected chi connectivity index (χ0v) is 13.6. The number of ether oxygens (including phenoxy) is 1. The smallest absolute Gasteiger partial charge is 0.267 e. The first kappa shape index (κ1) is 16.7. The van der Waals surface area contributed by atoms with Crippen molar-refractivity contribution >= 4 is 11.8 Å². The Morgan fingerprint density at radius 3 is 2.60 bits per heavy atom. The molecule has 0 unspecified atom stereocenters. The Morgan fingerprint density at radius 1 is 1.20 bits per heavy atom. The molecule has 25 heavy (non-hydrogen) atoms. The van der Waals surface area contributed by atoms with Crippen LogP contribution in [-0.4, -0.2) is 17.2 Å². The minimum absolute atomic E-state index is 0.241. The van der Waals surface area contributed by atoms with Crippen LogP contribution >= 0.6 is 0 Å². The molecule has 1 heterocycles. The van der Waals surface area contributed by atoms with Crippen molar-refractivity contribution in [2.24, 2.45) is 0 Å². The van der Waals surface area contributed by atoms with Crippen molar-refractivity contribution in [1.82, 2.24) is 5.16 Å². The molecule has 0 aliphatic carbocycles. The zero-order chi connectivity index (χ0) is 17.6. The Labute approximate surface area is 144 Å². The number of anilines is 1. The molecule has 1 aromatic heterocycles. The van der Waals surface area contributed by atoms with E-state index < -0.39 is 6.10 Å². The van der Waals surface area contributed by atoms with Crippen LogP contribution < -0.4 is 10.1 Å². The van der Waals surface area contributed by atoms with Gasteiger partial charge in [0.05, 0.1) is 0 Å². The zero-order valence-electron chi connectivity index (χ0n) is 13.6. The maximum atomic E-state index is 12.9. The summed E-state index contributed by atoms with van der Waals surface area (Å²) in [5, 5.41) is 6.59. The second kappa shape index (κ2) is 7.61. The minimum Gasteiger partial charge on any atom is -0.481 e. The highest BCUT2D eigenvalue weighted by atomic mass is 19.1. The molecular weight excluding hydrogens is 323 g/mol. The number of hydrogen-bond acceptors (Lipinski definition) is 4. The van der Waals surface area contributed by atoms with E-state index in [2.05, 4.69) is 10.5 Å². The SMILES string of the molecule is CC[C@H](Oc1ccc(F)cc1)C(=O)Nc1cc(-c2ccccc2)no1. The number of aromatic nitrogens is 1. The van der Waals surface area contributed by atoms with Gasteiger partial charge in [-0.2, -0.15) is 0 Å². The summed E-state index contributed by atoms with van der Waals surface area (Å²) in [6, 6.07) is 16.7. The highest BCUT2D eigenvalue weighted by Crippen LogP contribution is 2.22. The lowest BCUT2D eigenvalue weighted by molar-refractivity contribution is -0.123. The van der Waals surface area contributed by atoms with Crippen molar-refractivity contribution in [2.45, 2.75) is 19.4 Å². The van der Waals surface area contributed by atoms with E-state index in [4.69, 9.17) is 9.26 Å². The predicted octanol–water partition coefficient (Wildman–Crippen LogP) is 4.28. The van der Waals surface area contributed by atoms with Crippen LogP contribution in [0.4, 0.5) is 10.3 Å². The summed E-state index contributed by atoms with van der Waals surface area (Å²) in [7, 11) is 0. The monoisotopic (exact) mass is 340 g/mol. The second-order valence-corrected chi connectivity index (χ2v) is 5.40. The third-order valence-electron chi connectivity index (χ3n) is 3.58. The average molecular weight is 340 g/mol. The summed E-state index contributed by atoms with van der Waals surface area (Å²) in [6.45, 7) is 1.82. The number of carbonyl (C=O) groups is 1. The van der Waals surface area contributed by atoms with E-state index in [1.807, 2.05) is 37.3 Å². The van der Waals surface area contributed by atoms with Crippen LogP contribution in [0.3, 0.4) is 0 Å². The average Bonchev–Trinajstić information content (AvgIpc) is 3.10. The summed E-state index contributed by atoms with van der Waals surface area (Å²) in [4.78, 5) is 12.4. The minimum atomic E-state index is -0.726. The quantitative estimate of drug-likeness (QED) is 0.727. The first-order valence-corrected chi connectivity index (χ1v) is 7.91. The molecule has 3 aromatic rings. The van der Waals surface area contributed by atoms with Gasteiger partial charge in [-0.1, -0.05) is 42.4 Å². The van der Waals surface area contributed by atoms with E-state index in [9.17, 15) is 9.18 Å². The number of carbonyl (C=O) groups excluding carboxylic acids is 1. The third-order valence-corrected chi connectivity index (χ3v) is 3.58. The highest BCUT2D eigenvalue weighted by molar-refractivity contribution is 5.93. The molecule has 1 atom stereocenters.